The fraction of sp³-hybridized carbons (Fsp3) is 0.118. The molecule has 0 spiro atoms. The summed E-state index contributed by atoms with van der Waals surface area (Å²) in [5.74, 6) is -0.767. The number of carbonyl (C=O) groups excluding carboxylic acids is 1. The summed E-state index contributed by atoms with van der Waals surface area (Å²) in [5, 5.41) is 3.79. The quantitative estimate of drug-likeness (QED) is 0.641. The maximum Gasteiger partial charge on any atom is 0.343 e. The molecule has 0 bridgehead atoms. The molecule has 0 aliphatic carbocycles. The van der Waals surface area contributed by atoms with Crippen molar-refractivity contribution in [3.05, 3.63) is 64.8 Å². The van der Waals surface area contributed by atoms with Gasteiger partial charge in [-0.3, -0.25) is 0 Å². The molecule has 0 radical (unpaired) electrons. The molecule has 0 saturated heterocycles. The molecule has 0 atom stereocenters. The van der Waals surface area contributed by atoms with Crippen LogP contribution in [0, 0.1) is 5.82 Å². The fourth-order valence-corrected chi connectivity index (χ4v) is 2.38. The minimum Gasteiger partial charge on any atom is -0.496 e. The van der Waals surface area contributed by atoms with Gasteiger partial charge in [0.15, 0.2) is 6.61 Å². The van der Waals surface area contributed by atoms with Crippen LogP contribution in [0.2, 0.25) is 5.02 Å². The molecule has 0 aliphatic rings. The van der Waals surface area contributed by atoms with E-state index >= 15 is 0 Å². The van der Waals surface area contributed by atoms with Crippen LogP contribution in [0.5, 0.6) is 5.75 Å². The van der Waals surface area contributed by atoms with Gasteiger partial charge in [-0.15, -0.1) is 0 Å². The number of hydrogen-bond acceptors (Lipinski definition) is 6. The number of nitrogens with zero attached hydrogens (tertiary/aromatic N) is 2. The topological polar surface area (TPSA) is 74.5 Å². The molecule has 3 rings (SSSR count). The van der Waals surface area contributed by atoms with Crippen LogP contribution in [0.1, 0.15) is 16.2 Å². The molecular weight excluding hydrogens is 351 g/mol. The van der Waals surface area contributed by atoms with E-state index in [0.717, 1.165) is 6.07 Å². The lowest BCUT2D eigenvalue weighted by Gasteiger charge is -2.05. The van der Waals surface area contributed by atoms with Crippen molar-refractivity contribution in [2.45, 2.75) is 6.61 Å². The molecule has 3 aromatic rings. The number of rotatable bonds is 5. The van der Waals surface area contributed by atoms with Gasteiger partial charge in [0.05, 0.1) is 17.7 Å². The minimum atomic E-state index is -0.917. The van der Waals surface area contributed by atoms with Crippen LogP contribution in [0.3, 0.4) is 0 Å². The van der Waals surface area contributed by atoms with E-state index in [2.05, 4.69) is 10.1 Å². The number of benzene rings is 2. The van der Waals surface area contributed by atoms with Crippen LogP contribution in [0.15, 0.2) is 47.0 Å². The highest BCUT2D eigenvalue weighted by Crippen LogP contribution is 2.27. The van der Waals surface area contributed by atoms with Crippen molar-refractivity contribution in [2.75, 3.05) is 7.11 Å². The van der Waals surface area contributed by atoms with Crippen molar-refractivity contribution in [3.63, 3.8) is 0 Å². The first kappa shape index (κ1) is 16.9. The molecule has 128 valence electrons. The number of hydrogen-bond donors (Lipinski definition) is 0. The molecule has 8 heteroatoms. The van der Waals surface area contributed by atoms with E-state index in [-0.39, 0.29) is 28.9 Å². The number of ether oxygens (including phenoxy) is 2. The maximum absolute atomic E-state index is 13.7. The lowest BCUT2D eigenvalue weighted by molar-refractivity contribution is 0.0424. The molecule has 0 saturated carbocycles. The van der Waals surface area contributed by atoms with E-state index < -0.39 is 11.8 Å². The van der Waals surface area contributed by atoms with Gasteiger partial charge in [-0.2, -0.15) is 4.98 Å². The molecule has 0 aliphatic heterocycles. The van der Waals surface area contributed by atoms with Gasteiger partial charge in [0.1, 0.15) is 17.1 Å². The first-order chi connectivity index (χ1) is 12.1. The average Bonchev–Trinajstić information content (AvgIpc) is 3.08. The summed E-state index contributed by atoms with van der Waals surface area (Å²) in [6, 6.07) is 11.0. The van der Waals surface area contributed by atoms with Crippen molar-refractivity contribution >= 4 is 17.6 Å². The molecule has 1 heterocycles. The summed E-state index contributed by atoms with van der Waals surface area (Å²) in [6.45, 7) is -0.314. The van der Waals surface area contributed by atoms with Crippen molar-refractivity contribution in [2.24, 2.45) is 0 Å². The SMILES string of the molecule is COc1ccccc1-c1noc(COC(=O)c2c(F)cccc2Cl)n1. The predicted molar refractivity (Wildman–Crippen MR) is 86.8 cm³/mol. The number of aromatic nitrogens is 2. The van der Waals surface area contributed by atoms with Crippen LogP contribution < -0.4 is 4.74 Å². The van der Waals surface area contributed by atoms with Gasteiger partial charge in [0.2, 0.25) is 5.82 Å². The highest BCUT2D eigenvalue weighted by atomic mass is 35.5. The molecular formula is C17H12ClFN2O4. The van der Waals surface area contributed by atoms with Gasteiger partial charge in [-0.25, -0.2) is 9.18 Å². The van der Waals surface area contributed by atoms with Gasteiger partial charge in [0.25, 0.3) is 5.89 Å². The monoisotopic (exact) mass is 362 g/mol. The van der Waals surface area contributed by atoms with Crippen molar-refractivity contribution < 1.29 is 23.2 Å². The third-order valence-electron chi connectivity index (χ3n) is 3.31. The van der Waals surface area contributed by atoms with Crippen LogP contribution in [0.25, 0.3) is 11.4 Å². The van der Waals surface area contributed by atoms with E-state index in [1.54, 1.807) is 18.2 Å². The Labute approximate surface area is 147 Å². The maximum atomic E-state index is 13.7. The van der Waals surface area contributed by atoms with Crippen molar-refractivity contribution in [1.82, 2.24) is 10.1 Å². The lowest BCUT2D eigenvalue weighted by Crippen LogP contribution is -2.08. The van der Waals surface area contributed by atoms with E-state index in [1.807, 2.05) is 6.07 Å². The number of methoxy groups -OCH3 is 1. The number of halogens is 2. The van der Waals surface area contributed by atoms with E-state index in [1.165, 1.54) is 19.2 Å². The van der Waals surface area contributed by atoms with Crippen LogP contribution >= 0.6 is 11.6 Å². The summed E-state index contributed by atoms with van der Waals surface area (Å²) in [6.07, 6.45) is 0. The van der Waals surface area contributed by atoms with Crippen molar-refractivity contribution in [1.29, 1.82) is 0 Å². The van der Waals surface area contributed by atoms with Gasteiger partial charge in [-0.05, 0) is 24.3 Å². The zero-order chi connectivity index (χ0) is 17.8. The normalized spacial score (nSPS) is 10.5. The minimum absolute atomic E-state index is 0.0368. The zero-order valence-electron chi connectivity index (χ0n) is 13.0. The zero-order valence-corrected chi connectivity index (χ0v) is 13.8. The molecule has 6 nitrogen and oxygen atoms in total. The van der Waals surface area contributed by atoms with Gasteiger partial charge in [0, 0.05) is 0 Å². The second-order valence-corrected chi connectivity index (χ2v) is 5.29. The standard InChI is InChI=1S/C17H12ClFN2O4/c1-23-13-8-3-2-5-10(13)16-20-14(25-21-16)9-24-17(22)15-11(18)6-4-7-12(15)19/h2-8H,9H2,1H3. The van der Waals surface area contributed by atoms with E-state index in [9.17, 15) is 9.18 Å². The Kier molecular flexibility index (Phi) is 4.95. The van der Waals surface area contributed by atoms with Crippen LogP contribution in [0.4, 0.5) is 4.39 Å². The van der Waals surface area contributed by atoms with Gasteiger partial charge in [-0.1, -0.05) is 35.0 Å². The lowest BCUT2D eigenvalue weighted by atomic mass is 10.2. The predicted octanol–water partition coefficient (Wildman–Crippen LogP) is 3.89. The van der Waals surface area contributed by atoms with Crippen LogP contribution in [-0.4, -0.2) is 23.2 Å². The Morgan fingerprint density at radius 3 is 2.80 bits per heavy atom. The summed E-state index contributed by atoms with van der Waals surface area (Å²) in [5.41, 5.74) is 0.289. The summed E-state index contributed by atoms with van der Waals surface area (Å²) in [7, 11) is 1.53. The first-order valence-electron chi connectivity index (χ1n) is 7.17. The number of para-hydroxylation sites is 1. The highest BCUT2D eigenvalue weighted by Gasteiger charge is 2.19. The smallest absolute Gasteiger partial charge is 0.343 e. The number of esters is 1. The molecule has 0 amide bonds. The second kappa shape index (κ2) is 7.31. The Hall–Kier alpha value is -2.93. The Morgan fingerprint density at radius 1 is 1.24 bits per heavy atom. The molecule has 0 unspecified atom stereocenters. The summed E-state index contributed by atoms with van der Waals surface area (Å²) in [4.78, 5) is 16.1. The summed E-state index contributed by atoms with van der Waals surface area (Å²) < 4.78 is 28.9. The highest BCUT2D eigenvalue weighted by molar-refractivity contribution is 6.33. The number of carbonyl (C=O) groups is 1. The Morgan fingerprint density at radius 2 is 2.04 bits per heavy atom. The van der Waals surface area contributed by atoms with Gasteiger partial charge >= 0.3 is 5.97 Å². The average molecular weight is 363 g/mol. The Bertz CT molecular complexity index is 893. The first-order valence-corrected chi connectivity index (χ1v) is 7.55. The molecule has 0 fully saturated rings. The fourth-order valence-electron chi connectivity index (χ4n) is 2.14. The molecule has 1 aromatic heterocycles. The molecule has 0 N–H and O–H groups in total. The molecule has 2 aromatic carbocycles. The van der Waals surface area contributed by atoms with E-state index in [4.69, 9.17) is 25.6 Å². The third-order valence-corrected chi connectivity index (χ3v) is 3.62. The third kappa shape index (κ3) is 3.61. The second-order valence-electron chi connectivity index (χ2n) is 4.88. The molecule has 25 heavy (non-hydrogen) atoms. The summed E-state index contributed by atoms with van der Waals surface area (Å²) >= 11 is 5.82. The Balaban J connectivity index is 1.73. The largest absolute Gasteiger partial charge is 0.496 e. The van der Waals surface area contributed by atoms with Crippen LogP contribution in [-0.2, 0) is 11.3 Å². The van der Waals surface area contributed by atoms with Crippen molar-refractivity contribution in [3.8, 4) is 17.1 Å². The van der Waals surface area contributed by atoms with Gasteiger partial charge < -0.3 is 14.0 Å². The van der Waals surface area contributed by atoms with E-state index in [0.29, 0.717) is 11.3 Å².